The van der Waals surface area contributed by atoms with E-state index in [4.69, 9.17) is 23.2 Å². The monoisotopic (exact) mass is 693 g/mol. The molecule has 1 fully saturated rings. The summed E-state index contributed by atoms with van der Waals surface area (Å²) >= 11 is 15.8. The van der Waals surface area contributed by atoms with Crippen molar-refractivity contribution in [2.75, 3.05) is 17.1 Å². The Hall–Kier alpha value is -2.59. The normalized spacial score (nSPS) is 14.7. The average Bonchev–Trinajstić information content (AvgIpc) is 2.94. The van der Waals surface area contributed by atoms with E-state index in [2.05, 4.69) is 21.2 Å². The molecular formula is C31H34BrCl2N3O4S. The third-order valence-electron chi connectivity index (χ3n) is 7.30. The highest BCUT2D eigenvalue weighted by Gasteiger charge is 2.34. The first-order valence-electron chi connectivity index (χ1n) is 13.8. The van der Waals surface area contributed by atoms with Crippen molar-refractivity contribution in [2.24, 2.45) is 0 Å². The molecule has 42 heavy (non-hydrogen) atoms. The highest BCUT2D eigenvalue weighted by molar-refractivity contribution is 9.10. The second-order valence-electron chi connectivity index (χ2n) is 10.6. The number of rotatable bonds is 11. The molecule has 2 amide bonds. The third kappa shape index (κ3) is 9.20. The van der Waals surface area contributed by atoms with Crippen molar-refractivity contribution in [3.05, 3.63) is 98.4 Å². The minimum Gasteiger partial charge on any atom is -0.352 e. The zero-order valence-corrected chi connectivity index (χ0v) is 27.2. The minimum atomic E-state index is -3.92. The SMILES string of the molecule is CS(=O)(=O)N(CC(=O)N(Cc1ccc(Br)cc1)C(Cc1ccccc1)C(=O)NC1CCCCC1)c1cc(Cl)cc(Cl)c1. The number of carbonyl (C=O) groups is 2. The van der Waals surface area contributed by atoms with Crippen LogP contribution in [0.15, 0.2) is 77.3 Å². The van der Waals surface area contributed by atoms with Crippen molar-refractivity contribution in [1.82, 2.24) is 10.2 Å². The minimum absolute atomic E-state index is 0.0373. The molecule has 7 nitrogen and oxygen atoms in total. The van der Waals surface area contributed by atoms with Crippen LogP contribution in [-0.2, 0) is 32.6 Å². The molecule has 224 valence electrons. The second-order valence-corrected chi connectivity index (χ2v) is 14.3. The van der Waals surface area contributed by atoms with Gasteiger partial charge in [-0.05, 0) is 54.3 Å². The van der Waals surface area contributed by atoms with Crippen LogP contribution in [0.2, 0.25) is 10.0 Å². The number of anilines is 1. The summed E-state index contributed by atoms with van der Waals surface area (Å²) in [5.41, 5.74) is 1.85. The van der Waals surface area contributed by atoms with Crippen molar-refractivity contribution < 1.29 is 18.0 Å². The van der Waals surface area contributed by atoms with Gasteiger partial charge in [-0.25, -0.2) is 8.42 Å². The number of hydrogen-bond acceptors (Lipinski definition) is 4. The Morgan fingerprint density at radius 3 is 2.14 bits per heavy atom. The molecule has 0 heterocycles. The number of benzene rings is 3. The van der Waals surface area contributed by atoms with Gasteiger partial charge in [0, 0.05) is 33.5 Å². The standard InChI is InChI=1S/C31H34BrCl2N3O4S/c1-42(40,41)37(28-18-25(33)17-26(34)19-28)21-30(38)36(20-23-12-14-24(32)15-13-23)29(16-22-8-4-2-5-9-22)31(39)35-27-10-6-3-7-11-27/h2,4-5,8-9,12-15,17-19,27,29H,3,6-7,10-11,16,20-21H2,1H3,(H,35,39). The zero-order valence-electron chi connectivity index (χ0n) is 23.3. The van der Waals surface area contributed by atoms with E-state index in [1.807, 2.05) is 54.6 Å². The van der Waals surface area contributed by atoms with E-state index in [0.29, 0.717) is 0 Å². The van der Waals surface area contributed by atoms with Gasteiger partial charge in [-0.2, -0.15) is 0 Å². The summed E-state index contributed by atoms with van der Waals surface area (Å²) < 4.78 is 27.7. The lowest BCUT2D eigenvalue weighted by molar-refractivity contribution is -0.140. The van der Waals surface area contributed by atoms with E-state index in [1.54, 1.807) is 0 Å². The van der Waals surface area contributed by atoms with Crippen LogP contribution in [0.5, 0.6) is 0 Å². The summed E-state index contributed by atoms with van der Waals surface area (Å²) in [6, 6.07) is 20.5. The van der Waals surface area contributed by atoms with Gasteiger partial charge in [0.05, 0.1) is 11.9 Å². The lowest BCUT2D eigenvalue weighted by Gasteiger charge is -2.35. The number of nitrogens with one attached hydrogen (secondary N) is 1. The fourth-order valence-corrected chi connectivity index (χ4v) is 6.79. The van der Waals surface area contributed by atoms with Gasteiger partial charge in [0.15, 0.2) is 0 Å². The molecule has 0 spiro atoms. The smallest absolute Gasteiger partial charge is 0.244 e. The van der Waals surface area contributed by atoms with Crippen molar-refractivity contribution in [2.45, 2.75) is 57.2 Å². The molecule has 1 atom stereocenters. The Kier molecular flexibility index (Phi) is 11.3. The molecule has 3 aromatic rings. The van der Waals surface area contributed by atoms with Gasteiger partial charge in [0.25, 0.3) is 0 Å². The summed E-state index contributed by atoms with van der Waals surface area (Å²) in [6.07, 6.45) is 6.30. The van der Waals surface area contributed by atoms with Gasteiger partial charge in [-0.1, -0.05) is 101 Å². The van der Waals surface area contributed by atoms with Gasteiger partial charge in [-0.3, -0.25) is 13.9 Å². The van der Waals surface area contributed by atoms with Gasteiger partial charge in [-0.15, -0.1) is 0 Å². The molecule has 1 saturated carbocycles. The second kappa shape index (κ2) is 14.7. The lowest BCUT2D eigenvalue weighted by Crippen LogP contribution is -2.55. The molecule has 0 aromatic heterocycles. The molecule has 1 aliphatic rings. The van der Waals surface area contributed by atoms with E-state index in [0.717, 1.165) is 58.3 Å². The Balaban J connectivity index is 1.73. The Morgan fingerprint density at radius 1 is 0.929 bits per heavy atom. The fourth-order valence-electron chi connectivity index (χ4n) is 5.18. The van der Waals surface area contributed by atoms with E-state index < -0.39 is 28.5 Å². The maximum Gasteiger partial charge on any atom is 0.244 e. The van der Waals surface area contributed by atoms with E-state index in [1.165, 1.54) is 23.1 Å². The number of carbonyl (C=O) groups excluding carboxylic acids is 2. The first-order valence-corrected chi connectivity index (χ1v) is 17.2. The van der Waals surface area contributed by atoms with E-state index in [-0.39, 0.29) is 40.6 Å². The highest BCUT2D eigenvalue weighted by Crippen LogP contribution is 2.28. The van der Waals surface area contributed by atoms with Crippen LogP contribution in [0.25, 0.3) is 0 Å². The van der Waals surface area contributed by atoms with E-state index in [9.17, 15) is 18.0 Å². The summed E-state index contributed by atoms with van der Waals surface area (Å²) in [5.74, 6) is -0.785. The van der Waals surface area contributed by atoms with E-state index >= 15 is 0 Å². The molecule has 11 heteroatoms. The maximum atomic E-state index is 14.2. The van der Waals surface area contributed by atoms with Crippen LogP contribution in [0.1, 0.15) is 43.2 Å². The molecule has 0 saturated heterocycles. The van der Waals surface area contributed by atoms with Gasteiger partial charge < -0.3 is 10.2 Å². The molecule has 1 aliphatic carbocycles. The number of nitrogens with zero attached hydrogens (tertiary/aromatic N) is 2. The molecular weight excluding hydrogens is 661 g/mol. The number of halogens is 3. The van der Waals surface area contributed by atoms with Crippen LogP contribution in [0.3, 0.4) is 0 Å². The third-order valence-corrected chi connectivity index (χ3v) is 9.41. The summed E-state index contributed by atoms with van der Waals surface area (Å²) in [6.45, 7) is -0.427. The Bertz CT molecular complexity index is 1460. The Morgan fingerprint density at radius 2 is 1.55 bits per heavy atom. The topological polar surface area (TPSA) is 86.8 Å². The molecule has 1 N–H and O–H groups in total. The van der Waals surface area contributed by atoms with Crippen molar-refractivity contribution in [3.63, 3.8) is 0 Å². The summed E-state index contributed by atoms with van der Waals surface area (Å²) in [4.78, 5) is 29.7. The summed E-state index contributed by atoms with van der Waals surface area (Å²) in [7, 11) is -3.92. The molecule has 3 aromatic carbocycles. The number of hydrogen-bond donors (Lipinski definition) is 1. The fraction of sp³-hybridized carbons (Fsp3) is 0.355. The predicted octanol–water partition coefficient (Wildman–Crippen LogP) is 6.61. The lowest BCUT2D eigenvalue weighted by atomic mass is 9.94. The van der Waals surface area contributed by atoms with Gasteiger partial charge in [0.2, 0.25) is 21.8 Å². The van der Waals surface area contributed by atoms with Crippen molar-refractivity contribution >= 4 is 66.7 Å². The highest BCUT2D eigenvalue weighted by atomic mass is 79.9. The van der Waals surface area contributed by atoms with Crippen molar-refractivity contribution in [3.8, 4) is 0 Å². The molecule has 0 bridgehead atoms. The molecule has 4 rings (SSSR count). The first kappa shape index (κ1) is 32.3. The summed E-state index contributed by atoms with van der Waals surface area (Å²) in [5, 5.41) is 3.66. The number of amides is 2. The molecule has 0 radical (unpaired) electrons. The van der Waals surface area contributed by atoms with Crippen LogP contribution in [-0.4, -0.2) is 50.0 Å². The number of sulfonamides is 1. The van der Waals surface area contributed by atoms with Crippen LogP contribution >= 0.6 is 39.1 Å². The van der Waals surface area contributed by atoms with Crippen LogP contribution in [0, 0.1) is 0 Å². The molecule has 1 unspecified atom stereocenters. The maximum absolute atomic E-state index is 14.2. The largest absolute Gasteiger partial charge is 0.352 e. The zero-order chi connectivity index (χ0) is 30.3. The predicted molar refractivity (Wildman–Crippen MR) is 172 cm³/mol. The van der Waals surface area contributed by atoms with Crippen LogP contribution < -0.4 is 9.62 Å². The molecule has 0 aliphatic heterocycles. The Labute approximate surface area is 266 Å². The van der Waals surface area contributed by atoms with Crippen molar-refractivity contribution in [1.29, 1.82) is 0 Å². The van der Waals surface area contributed by atoms with Gasteiger partial charge >= 0.3 is 0 Å². The van der Waals surface area contributed by atoms with Crippen LogP contribution in [0.4, 0.5) is 5.69 Å². The quantitative estimate of drug-likeness (QED) is 0.245. The first-order chi connectivity index (χ1) is 20.0. The average molecular weight is 696 g/mol. The van der Waals surface area contributed by atoms with Gasteiger partial charge in [0.1, 0.15) is 12.6 Å².